The van der Waals surface area contributed by atoms with Crippen LogP contribution in [0.4, 0.5) is 5.69 Å². The molecule has 8 heteroatoms. The molecule has 7 nitrogen and oxygen atoms in total. The lowest BCUT2D eigenvalue weighted by Gasteiger charge is -2.25. The minimum Gasteiger partial charge on any atom is -0.750 e. The first kappa shape index (κ1) is 14.6. The lowest BCUT2D eigenvalue weighted by atomic mass is 10.0. The van der Waals surface area contributed by atoms with Crippen molar-refractivity contribution in [2.24, 2.45) is 5.73 Å². The van der Waals surface area contributed by atoms with Crippen molar-refractivity contribution in [1.29, 1.82) is 0 Å². The van der Waals surface area contributed by atoms with Crippen LogP contribution in [0.3, 0.4) is 0 Å². The molecule has 0 bridgehead atoms. The average molecular weight is 273 g/mol. The third kappa shape index (κ3) is 4.08. The van der Waals surface area contributed by atoms with Crippen molar-refractivity contribution in [2.45, 2.75) is 19.1 Å². The third-order valence-corrected chi connectivity index (χ3v) is 2.68. The number of nitrogens with two attached hydrogens (primary N) is 2. The van der Waals surface area contributed by atoms with Gasteiger partial charge >= 0.3 is 5.97 Å². The van der Waals surface area contributed by atoms with E-state index in [1.54, 1.807) is 6.07 Å². The fourth-order valence-corrected chi connectivity index (χ4v) is 1.86. The van der Waals surface area contributed by atoms with Crippen LogP contribution in [0, 0.1) is 0 Å². The van der Waals surface area contributed by atoms with E-state index in [1.165, 1.54) is 19.1 Å². The van der Waals surface area contributed by atoms with Gasteiger partial charge < -0.3 is 21.1 Å². The first-order valence-corrected chi connectivity index (χ1v) is 5.90. The Hall–Kier alpha value is -1.48. The van der Waals surface area contributed by atoms with Gasteiger partial charge in [-0.15, -0.1) is 0 Å². The fourth-order valence-electron chi connectivity index (χ4n) is 1.49. The first-order valence-electron chi connectivity index (χ1n) is 4.90. The van der Waals surface area contributed by atoms with Gasteiger partial charge in [0.15, 0.2) is 0 Å². The summed E-state index contributed by atoms with van der Waals surface area (Å²) in [5.74, 6) is -1.17. The Kier molecular flexibility index (Phi) is 4.41. The number of nitrogen functional groups attached to an aromatic ring is 1. The van der Waals surface area contributed by atoms with Crippen LogP contribution in [0.25, 0.3) is 0 Å². The Morgan fingerprint density at radius 3 is 2.72 bits per heavy atom. The van der Waals surface area contributed by atoms with Crippen molar-refractivity contribution < 1.29 is 22.8 Å². The molecule has 0 heterocycles. The van der Waals surface area contributed by atoms with Gasteiger partial charge in [0.1, 0.15) is 5.72 Å². The zero-order chi connectivity index (χ0) is 13.9. The minimum atomic E-state index is -2.74. The summed E-state index contributed by atoms with van der Waals surface area (Å²) >= 11 is -2.74. The van der Waals surface area contributed by atoms with E-state index in [9.17, 15) is 13.6 Å². The minimum absolute atomic E-state index is 0.0293. The highest BCUT2D eigenvalue weighted by Gasteiger charge is 2.21. The van der Waals surface area contributed by atoms with E-state index >= 15 is 0 Å². The molecule has 0 saturated carbocycles. The van der Waals surface area contributed by atoms with Gasteiger partial charge in [0.05, 0.1) is 16.9 Å². The molecule has 0 aliphatic rings. The van der Waals surface area contributed by atoms with E-state index in [0.29, 0.717) is 5.56 Å². The van der Waals surface area contributed by atoms with Crippen molar-refractivity contribution in [2.75, 3.05) is 5.73 Å². The van der Waals surface area contributed by atoms with E-state index in [4.69, 9.17) is 16.6 Å². The summed E-state index contributed by atoms with van der Waals surface area (Å²) in [5, 5.41) is 8.89. The number of hydrogen-bond acceptors (Lipinski definition) is 6. The van der Waals surface area contributed by atoms with Crippen molar-refractivity contribution in [3.63, 3.8) is 0 Å². The lowest BCUT2D eigenvalue weighted by molar-refractivity contribution is 0.0696. The summed E-state index contributed by atoms with van der Waals surface area (Å²) in [5.41, 5.74) is 10.2. The second-order valence-corrected chi connectivity index (χ2v) is 4.58. The SMILES string of the molecule is CC(N)(Cc1ccc(N)c(C(=O)O)c1)OS(=O)[O-]. The quantitative estimate of drug-likeness (QED) is 0.389. The second kappa shape index (κ2) is 5.44. The number of benzene rings is 1. The smallest absolute Gasteiger partial charge is 0.337 e. The molecule has 0 saturated heterocycles. The second-order valence-electron chi connectivity index (χ2n) is 4.00. The molecule has 18 heavy (non-hydrogen) atoms. The molecule has 1 aromatic rings. The summed E-state index contributed by atoms with van der Waals surface area (Å²) in [7, 11) is 0. The highest BCUT2D eigenvalue weighted by atomic mass is 32.2. The number of carbonyl (C=O) groups is 1. The molecule has 1 aromatic carbocycles. The molecular weight excluding hydrogens is 260 g/mol. The van der Waals surface area contributed by atoms with Gasteiger partial charge in [-0.2, -0.15) is 0 Å². The summed E-state index contributed by atoms with van der Waals surface area (Å²) < 4.78 is 25.3. The molecule has 0 aliphatic heterocycles. The number of carboxylic acids is 1. The fraction of sp³-hybridized carbons (Fsp3) is 0.300. The van der Waals surface area contributed by atoms with Gasteiger partial charge in [0, 0.05) is 12.1 Å². The highest BCUT2D eigenvalue weighted by molar-refractivity contribution is 7.74. The Bertz CT molecular complexity index is 489. The van der Waals surface area contributed by atoms with Gasteiger partial charge in [-0.3, -0.25) is 4.18 Å². The molecule has 2 unspecified atom stereocenters. The van der Waals surface area contributed by atoms with E-state index < -0.39 is 23.1 Å². The van der Waals surface area contributed by atoms with Gasteiger partial charge in [0.25, 0.3) is 0 Å². The van der Waals surface area contributed by atoms with Crippen molar-refractivity contribution in [3.8, 4) is 0 Å². The predicted octanol–water partition coefficient (Wildman–Crippen LogP) is -0.00490. The number of hydrogen-bond donors (Lipinski definition) is 3. The maximum Gasteiger partial charge on any atom is 0.337 e. The van der Waals surface area contributed by atoms with E-state index in [2.05, 4.69) is 4.18 Å². The number of carboxylic acid groups (broad SMARTS) is 1. The molecule has 0 fully saturated rings. The predicted molar refractivity (Wildman–Crippen MR) is 64.1 cm³/mol. The largest absolute Gasteiger partial charge is 0.750 e. The Morgan fingerprint density at radius 1 is 1.61 bits per heavy atom. The molecule has 0 aliphatic carbocycles. The Balaban J connectivity index is 2.95. The van der Waals surface area contributed by atoms with Gasteiger partial charge in [0.2, 0.25) is 0 Å². The summed E-state index contributed by atoms with van der Waals surface area (Å²) in [6.45, 7) is 1.37. The lowest BCUT2D eigenvalue weighted by Crippen LogP contribution is -2.42. The van der Waals surface area contributed by atoms with Crippen molar-refractivity contribution in [1.82, 2.24) is 0 Å². The number of anilines is 1. The zero-order valence-corrected chi connectivity index (χ0v) is 10.4. The zero-order valence-electron chi connectivity index (χ0n) is 9.58. The topological polar surface area (TPSA) is 139 Å². The molecule has 0 aromatic heterocycles. The van der Waals surface area contributed by atoms with Crippen LogP contribution < -0.4 is 11.5 Å². The van der Waals surface area contributed by atoms with Crippen LogP contribution in [0.5, 0.6) is 0 Å². The third-order valence-electron chi connectivity index (χ3n) is 2.16. The van der Waals surface area contributed by atoms with Gasteiger partial charge in [-0.25, -0.2) is 9.00 Å². The molecule has 5 N–H and O–H groups in total. The number of rotatable bonds is 5. The average Bonchev–Trinajstić information content (AvgIpc) is 2.18. The van der Waals surface area contributed by atoms with Crippen LogP contribution in [0.1, 0.15) is 22.8 Å². The van der Waals surface area contributed by atoms with Crippen LogP contribution in [0.15, 0.2) is 18.2 Å². The van der Waals surface area contributed by atoms with E-state index in [0.717, 1.165) is 0 Å². The number of aromatic carboxylic acids is 1. The van der Waals surface area contributed by atoms with Crippen LogP contribution in [0.2, 0.25) is 0 Å². The van der Waals surface area contributed by atoms with Crippen molar-refractivity contribution in [3.05, 3.63) is 29.3 Å². The van der Waals surface area contributed by atoms with Gasteiger partial charge in [-0.1, -0.05) is 6.07 Å². The van der Waals surface area contributed by atoms with E-state index in [1.807, 2.05) is 0 Å². The molecule has 0 radical (unpaired) electrons. The summed E-state index contributed by atoms with van der Waals surface area (Å²) in [4.78, 5) is 10.9. The molecule has 0 spiro atoms. The monoisotopic (exact) mass is 273 g/mol. The van der Waals surface area contributed by atoms with Crippen molar-refractivity contribution >= 4 is 23.0 Å². The Labute approximate surface area is 106 Å². The van der Waals surface area contributed by atoms with Crippen LogP contribution in [-0.2, 0) is 22.0 Å². The molecule has 0 amide bonds. The maximum atomic E-state index is 10.9. The van der Waals surface area contributed by atoms with Gasteiger partial charge in [-0.05, 0) is 24.6 Å². The molecular formula is C10H13N2O5S-. The molecule has 1 rings (SSSR count). The normalized spacial score (nSPS) is 15.9. The Morgan fingerprint density at radius 2 is 2.22 bits per heavy atom. The maximum absolute atomic E-state index is 10.9. The molecule has 2 atom stereocenters. The van der Waals surface area contributed by atoms with Crippen LogP contribution in [-0.4, -0.2) is 25.6 Å². The summed E-state index contributed by atoms with van der Waals surface area (Å²) in [6.07, 6.45) is 0.0293. The summed E-state index contributed by atoms with van der Waals surface area (Å²) in [6, 6.07) is 4.31. The molecule has 100 valence electrons. The van der Waals surface area contributed by atoms with Crippen LogP contribution >= 0.6 is 0 Å². The van der Waals surface area contributed by atoms with E-state index in [-0.39, 0.29) is 17.7 Å². The first-order chi connectivity index (χ1) is 8.21. The standard InChI is InChI=1S/C10H14N2O5S/c1-10(12,17-18(15)16)5-6-2-3-8(11)7(4-6)9(13)14/h2-4H,5,11-12H2,1H3,(H,13,14)(H,15,16)/p-1. The highest BCUT2D eigenvalue weighted by Crippen LogP contribution is 2.18.